The average molecular weight is 284 g/mol. The zero-order chi connectivity index (χ0) is 15.1. The Balaban J connectivity index is 1.98. The molecule has 0 saturated carbocycles. The molecule has 1 amide bonds. The molecule has 110 valence electrons. The Morgan fingerprint density at radius 1 is 1.05 bits per heavy atom. The van der Waals surface area contributed by atoms with Gasteiger partial charge in [0.25, 0.3) is 0 Å². The van der Waals surface area contributed by atoms with Crippen molar-refractivity contribution in [3.05, 3.63) is 54.1 Å². The molecule has 0 aliphatic heterocycles. The quantitative estimate of drug-likeness (QED) is 0.851. The van der Waals surface area contributed by atoms with Crippen LogP contribution < -0.4 is 15.4 Å². The average Bonchev–Trinajstić information content (AvgIpc) is 2.48. The van der Waals surface area contributed by atoms with E-state index >= 15 is 0 Å². The Morgan fingerprint density at radius 3 is 2.38 bits per heavy atom. The first kappa shape index (κ1) is 14.9. The number of carbonyl (C=O) groups is 1. The van der Waals surface area contributed by atoms with Gasteiger partial charge in [-0.15, -0.1) is 0 Å². The van der Waals surface area contributed by atoms with Crippen LogP contribution in [0.15, 0.2) is 48.5 Å². The van der Waals surface area contributed by atoms with Gasteiger partial charge < -0.3 is 15.4 Å². The molecular weight excluding hydrogens is 264 g/mol. The molecule has 0 aliphatic carbocycles. The SMILES string of the molecule is CCOc1ccccc1CNc1ccc(NC(C)=O)cc1. The molecular formula is C17H20N2O2. The van der Waals surface area contributed by atoms with Crippen molar-refractivity contribution in [2.24, 2.45) is 0 Å². The second-order valence-corrected chi connectivity index (χ2v) is 4.65. The van der Waals surface area contributed by atoms with Gasteiger partial charge in [0.05, 0.1) is 6.61 Å². The van der Waals surface area contributed by atoms with Crippen LogP contribution in [0.1, 0.15) is 19.4 Å². The molecule has 0 heterocycles. The fraction of sp³-hybridized carbons (Fsp3) is 0.235. The van der Waals surface area contributed by atoms with Gasteiger partial charge in [0.2, 0.25) is 5.91 Å². The van der Waals surface area contributed by atoms with E-state index in [1.165, 1.54) is 6.92 Å². The summed E-state index contributed by atoms with van der Waals surface area (Å²) >= 11 is 0. The van der Waals surface area contributed by atoms with E-state index in [-0.39, 0.29) is 5.91 Å². The van der Waals surface area contributed by atoms with E-state index < -0.39 is 0 Å². The number of para-hydroxylation sites is 1. The number of amides is 1. The Morgan fingerprint density at radius 2 is 1.71 bits per heavy atom. The maximum atomic E-state index is 11.0. The highest BCUT2D eigenvalue weighted by atomic mass is 16.5. The molecule has 0 unspecified atom stereocenters. The molecule has 2 rings (SSSR count). The van der Waals surface area contributed by atoms with Gasteiger partial charge in [0.1, 0.15) is 5.75 Å². The third-order valence-corrected chi connectivity index (χ3v) is 2.96. The van der Waals surface area contributed by atoms with Crippen LogP contribution in [-0.2, 0) is 11.3 Å². The highest BCUT2D eigenvalue weighted by molar-refractivity contribution is 5.88. The zero-order valence-electron chi connectivity index (χ0n) is 12.3. The molecule has 21 heavy (non-hydrogen) atoms. The predicted molar refractivity (Wildman–Crippen MR) is 85.7 cm³/mol. The van der Waals surface area contributed by atoms with Gasteiger partial charge >= 0.3 is 0 Å². The van der Waals surface area contributed by atoms with Crippen LogP contribution in [0.4, 0.5) is 11.4 Å². The summed E-state index contributed by atoms with van der Waals surface area (Å²) in [6, 6.07) is 15.6. The number of ether oxygens (including phenoxy) is 1. The van der Waals surface area contributed by atoms with Gasteiger partial charge in [0.15, 0.2) is 0 Å². The third kappa shape index (κ3) is 4.53. The molecule has 0 saturated heterocycles. The van der Waals surface area contributed by atoms with E-state index in [0.29, 0.717) is 13.2 Å². The summed E-state index contributed by atoms with van der Waals surface area (Å²) in [7, 11) is 0. The molecule has 0 spiro atoms. The molecule has 0 bridgehead atoms. The van der Waals surface area contributed by atoms with Crippen LogP contribution in [0.5, 0.6) is 5.75 Å². The van der Waals surface area contributed by atoms with Crippen molar-refractivity contribution in [3.8, 4) is 5.75 Å². The van der Waals surface area contributed by atoms with Crippen molar-refractivity contribution in [1.29, 1.82) is 0 Å². The summed E-state index contributed by atoms with van der Waals surface area (Å²) in [6.07, 6.45) is 0. The Bertz CT molecular complexity index is 594. The van der Waals surface area contributed by atoms with Crippen LogP contribution in [0.3, 0.4) is 0 Å². The van der Waals surface area contributed by atoms with E-state index in [1.54, 1.807) is 0 Å². The molecule has 4 heteroatoms. The first-order valence-corrected chi connectivity index (χ1v) is 7.01. The smallest absolute Gasteiger partial charge is 0.221 e. The molecule has 2 aromatic carbocycles. The number of nitrogens with one attached hydrogen (secondary N) is 2. The zero-order valence-corrected chi connectivity index (χ0v) is 12.3. The highest BCUT2D eigenvalue weighted by Gasteiger charge is 2.02. The first-order valence-electron chi connectivity index (χ1n) is 7.01. The van der Waals surface area contributed by atoms with Crippen molar-refractivity contribution in [2.45, 2.75) is 20.4 Å². The minimum atomic E-state index is -0.0682. The lowest BCUT2D eigenvalue weighted by molar-refractivity contribution is -0.114. The largest absolute Gasteiger partial charge is 0.494 e. The molecule has 0 aromatic heterocycles. The number of rotatable bonds is 6. The minimum Gasteiger partial charge on any atom is -0.494 e. The van der Waals surface area contributed by atoms with Crippen LogP contribution in [0.25, 0.3) is 0 Å². The van der Waals surface area contributed by atoms with Gasteiger partial charge in [-0.2, -0.15) is 0 Å². The maximum absolute atomic E-state index is 11.0. The lowest BCUT2D eigenvalue weighted by atomic mass is 10.2. The number of benzene rings is 2. The summed E-state index contributed by atoms with van der Waals surface area (Å²) < 4.78 is 5.60. The number of hydrogen-bond acceptors (Lipinski definition) is 3. The lowest BCUT2D eigenvalue weighted by Crippen LogP contribution is -2.06. The van der Waals surface area contributed by atoms with Crippen LogP contribution >= 0.6 is 0 Å². The molecule has 0 fully saturated rings. The topological polar surface area (TPSA) is 50.4 Å². The highest BCUT2D eigenvalue weighted by Crippen LogP contribution is 2.20. The minimum absolute atomic E-state index is 0.0682. The van der Waals surface area contributed by atoms with Gasteiger partial charge in [-0.1, -0.05) is 18.2 Å². The van der Waals surface area contributed by atoms with E-state index in [0.717, 1.165) is 22.7 Å². The fourth-order valence-corrected chi connectivity index (χ4v) is 2.02. The third-order valence-electron chi connectivity index (χ3n) is 2.96. The van der Waals surface area contributed by atoms with Gasteiger partial charge in [-0.25, -0.2) is 0 Å². The monoisotopic (exact) mass is 284 g/mol. The molecule has 4 nitrogen and oxygen atoms in total. The summed E-state index contributed by atoms with van der Waals surface area (Å²) in [6.45, 7) is 4.82. The molecule has 2 N–H and O–H groups in total. The summed E-state index contributed by atoms with van der Waals surface area (Å²) in [5.74, 6) is 0.837. The molecule has 0 atom stereocenters. The summed E-state index contributed by atoms with van der Waals surface area (Å²) in [4.78, 5) is 11.0. The van der Waals surface area contributed by atoms with Gasteiger partial charge in [-0.3, -0.25) is 4.79 Å². The summed E-state index contributed by atoms with van der Waals surface area (Å²) in [5, 5.41) is 6.09. The number of anilines is 2. The fourth-order valence-electron chi connectivity index (χ4n) is 2.02. The van der Waals surface area contributed by atoms with Crippen molar-refractivity contribution >= 4 is 17.3 Å². The van der Waals surface area contributed by atoms with E-state index in [2.05, 4.69) is 10.6 Å². The Hall–Kier alpha value is -2.49. The van der Waals surface area contributed by atoms with E-state index in [4.69, 9.17) is 4.74 Å². The van der Waals surface area contributed by atoms with Crippen LogP contribution in [0, 0.1) is 0 Å². The molecule has 0 radical (unpaired) electrons. The lowest BCUT2D eigenvalue weighted by Gasteiger charge is -2.12. The van der Waals surface area contributed by atoms with Crippen molar-refractivity contribution in [1.82, 2.24) is 0 Å². The molecule has 0 aliphatic rings. The normalized spacial score (nSPS) is 10.0. The van der Waals surface area contributed by atoms with Gasteiger partial charge in [-0.05, 0) is 37.3 Å². The first-order chi connectivity index (χ1) is 10.2. The number of carbonyl (C=O) groups excluding carboxylic acids is 1. The van der Waals surface area contributed by atoms with Crippen molar-refractivity contribution in [2.75, 3.05) is 17.2 Å². The van der Waals surface area contributed by atoms with E-state index in [1.807, 2.05) is 55.5 Å². The van der Waals surface area contributed by atoms with Gasteiger partial charge in [0, 0.05) is 30.4 Å². The van der Waals surface area contributed by atoms with E-state index in [9.17, 15) is 4.79 Å². The maximum Gasteiger partial charge on any atom is 0.221 e. The van der Waals surface area contributed by atoms with Crippen LogP contribution in [-0.4, -0.2) is 12.5 Å². The molecule has 2 aromatic rings. The van der Waals surface area contributed by atoms with Crippen molar-refractivity contribution in [3.63, 3.8) is 0 Å². The second-order valence-electron chi connectivity index (χ2n) is 4.65. The summed E-state index contributed by atoms with van der Waals surface area (Å²) in [5.41, 5.74) is 2.91. The second kappa shape index (κ2) is 7.33. The predicted octanol–water partition coefficient (Wildman–Crippen LogP) is 3.66. The standard InChI is InChI=1S/C17H20N2O2/c1-3-21-17-7-5-4-6-14(17)12-18-15-8-10-16(11-9-15)19-13(2)20/h4-11,18H,3,12H2,1-2H3,(H,19,20). The van der Waals surface area contributed by atoms with Crippen molar-refractivity contribution < 1.29 is 9.53 Å². The Kier molecular flexibility index (Phi) is 5.21. The Labute approximate surface area is 125 Å². The number of hydrogen-bond donors (Lipinski definition) is 2. The van der Waals surface area contributed by atoms with Crippen LogP contribution in [0.2, 0.25) is 0 Å².